The minimum Gasteiger partial charge on any atom is -0.489 e. The largest absolute Gasteiger partial charge is 0.489 e. The Balaban J connectivity index is 2.68. The van der Waals surface area contributed by atoms with Crippen LogP contribution >= 0.6 is 0 Å². The molecule has 0 atom stereocenters. The summed E-state index contributed by atoms with van der Waals surface area (Å²) >= 11 is 0. The minimum atomic E-state index is 0.307. The average molecular weight is 191 g/mol. The summed E-state index contributed by atoms with van der Waals surface area (Å²) < 4.78 is 5.11. The molecule has 3 heteroatoms. The second-order valence-electron chi connectivity index (χ2n) is 2.71. The van der Waals surface area contributed by atoms with Crippen LogP contribution in [0.4, 0.5) is 0 Å². The summed E-state index contributed by atoms with van der Waals surface area (Å²) in [5.74, 6) is 0.307. The van der Waals surface area contributed by atoms with Crippen molar-refractivity contribution in [2.24, 2.45) is 5.73 Å². The van der Waals surface area contributed by atoms with Gasteiger partial charge in [-0.1, -0.05) is 30.3 Å². The van der Waals surface area contributed by atoms with Gasteiger partial charge in [-0.05, 0) is 11.6 Å². The Bertz CT molecular complexity index is 306. The van der Waals surface area contributed by atoms with E-state index in [2.05, 4.69) is 0 Å². The fraction of sp³-hybridized carbons (Fsp3) is 0.182. The van der Waals surface area contributed by atoms with Crippen LogP contribution in [-0.2, 0) is 9.53 Å². The van der Waals surface area contributed by atoms with Gasteiger partial charge in [0, 0.05) is 6.54 Å². The first-order chi connectivity index (χ1) is 6.86. The third kappa shape index (κ3) is 3.41. The van der Waals surface area contributed by atoms with Crippen LogP contribution in [0.15, 0.2) is 36.1 Å². The Kier molecular flexibility index (Phi) is 4.44. The Hall–Kier alpha value is -1.61. The van der Waals surface area contributed by atoms with Crippen LogP contribution in [0.1, 0.15) is 5.56 Å². The summed E-state index contributed by atoms with van der Waals surface area (Å²) in [5, 5.41) is 0. The van der Waals surface area contributed by atoms with E-state index in [1.54, 1.807) is 6.08 Å². The molecule has 0 unspecified atom stereocenters. The van der Waals surface area contributed by atoms with Crippen molar-refractivity contribution >= 4 is 12.4 Å². The number of hydrogen-bond donors (Lipinski definition) is 1. The Morgan fingerprint density at radius 2 is 2.07 bits per heavy atom. The molecule has 0 aliphatic heterocycles. The smallest absolute Gasteiger partial charge is 0.184 e. The van der Waals surface area contributed by atoms with Crippen molar-refractivity contribution in [2.45, 2.75) is 0 Å². The van der Waals surface area contributed by atoms with Gasteiger partial charge in [0.2, 0.25) is 0 Å². The molecule has 0 radical (unpaired) electrons. The molecule has 1 rings (SSSR count). The zero-order chi connectivity index (χ0) is 10.2. The molecule has 74 valence electrons. The Morgan fingerprint density at radius 1 is 1.36 bits per heavy atom. The highest BCUT2D eigenvalue weighted by molar-refractivity contribution is 5.78. The molecule has 0 saturated carbocycles. The first kappa shape index (κ1) is 10.5. The highest BCUT2D eigenvalue weighted by atomic mass is 16.5. The SMILES string of the molecule is NCCOC(C=O)=Cc1ccccc1. The fourth-order valence-corrected chi connectivity index (χ4v) is 1.00. The summed E-state index contributed by atoms with van der Waals surface area (Å²) in [7, 11) is 0. The van der Waals surface area contributed by atoms with E-state index in [-0.39, 0.29) is 0 Å². The van der Waals surface area contributed by atoms with E-state index in [1.165, 1.54) is 0 Å². The van der Waals surface area contributed by atoms with Gasteiger partial charge >= 0.3 is 0 Å². The molecule has 0 aliphatic rings. The lowest BCUT2D eigenvalue weighted by atomic mass is 10.2. The maximum absolute atomic E-state index is 10.6. The quantitative estimate of drug-likeness (QED) is 0.432. The fourth-order valence-electron chi connectivity index (χ4n) is 1.00. The Morgan fingerprint density at radius 3 is 2.64 bits per heavy atom. The van der Waals surface area contributed by atoms with Crippen LogP contribution in [0.5, 0.6) is 0 Å². The monoisotopic (exact) mass is 191 g/mol. The molecule has 14 heavy (non-hydrogen) atoms. The molecular formula is C11H13NO2. The lowest BCUT2D eigenvalue weighted by Gasteiger charge is -2.02. The molecular weight excluding hydrogens is 178 g/mol. The number of benzene rings is 1. The molecule has 0 aliphatic carbocycles. The first-order valence-corrected chi connectivity index (χ1v) is 4.41. The summed E-state index contributed by atoms with van der Waals surface area (Å²) in [6.45, 7) is 0.761. The minimum absolute atomic E-state index is 0.307. The lowest BCUT2D eigenvalue weighted by molar-refractivity contribution is -0.107. The third-order valence-electron chi connectivity index (χ3n) is 1.61. The van der Waals surface area contributed by atoms with Gasteiger partial charge in [-0.2, -0.15) is 0 Å². The van der Waals surface area contributed by atoms with Gasteiger partial charge in [0.25, 0.3) is 0 Å². The van der Waals surface area contributed by atoms with Crippen LogP contribution in [0, 0.1) is 0 Å². The highest BCUT2D eigenvalue weighted by Crippen LogP contribution is 2.05. The number of allylic oxidation sites excluding steroid dienone is 1. The van der Waals surface area contributed by atoms with Gasteiger partial charge in [-0.25, -0.2) is 0 Å². The van der Waals surface area contributed by atoms with Crippen molar-refractivity contribution in [1.82, 2.24) is 0 Å². The molecule has 1 aromatic rings. The highest BCUT2D eigenvalue weighted by Gasteiger charge is 1.95. The van der Waals surface area contributed by atoms with E-state index >= 15 is 0 Å². The number of ether oxygens (including phenoxy) is 1. The number of carbonyl (C=O) groups excluding carboxylic acids is 1. The van der Waals surface area contributed by atoms with Crippen LogP contribution in [-0.4, -0.2) is 19.4 Å². The predicted molar refractivity (Wildman–Crippen MR) is 55.5 cm³/mol. The second-order valence-corrected chi connectivity index (χ2v) is 2.71. The molecule has 0 fully saturated rings. The molecule has 0 spiro atoms. The number of hydrogen-bond acceptors (Lipinski definition) is 3. The topological polar surface area (TPSA) is 52.3 Å². The van der Waals surface area contributed by atoms with E-state index < -0.39 is 0 Å². The van der Waals surface area contributed by atoms with Crippen molar-refractivity contribution in [1.29, 1.82) is 0 Å². The molecule has 2 N–H and O–H groups in total. The molecule has 0 saturated heterocycles. The maximum atomic E-state index is 10.6. The van der Waals surface area contributed by atoms with Gasteiger partial charge in [0.15, 0.2) is 12.0 Å². The van der Waals surface area contributed by atoms with E-state index in [0.29, 0.717) is 25.2 Å². The van der Waals surface area contributed by atoms with Crippen molar-refractivity contribution in [3.05, 3.63) is 41.7 Å². The summed E-state index contributed by atoms with van der Waals surface area (Å²) in [6.07, 6.45) is 2.37. The zero-order valence-electron chi connectivity index (χ0n) is 7.85. The van der Waals surface area contributed by atoms with Gasteiger partial charge in [0.05, 0.1) is 0 Å². The number of aldehydes is 1. The summed E-state index contributed by atoms with van der Waals surface area (Å²) in [5.41, 5.74) is 6.19. The van der Waals surface area contributed by atoms with Gasteiger partial charge < -0.3 is 10.5 Å². The zero-order valence-corrected chi connectivity index (χ0v) is 7.85. The van der Waals surface area contributed by atoms with Crippen molar-refractivity contribution < 1.29 is 9.53 Å². The third-order valence-corrected chi connectivity index (χ3v) is 1.61. The van der Waals surface area contributed by atoms with Crippen LogP contribution < -0.4 is 5.73 Å². The molecule has 1 aromatic carbocycles. The van der Waals surface area contributed by atoms with Crippen molar-refractivity contribution in [3.8, 4) is 0 Å². The van der Waals surface area contributed by atoms with Crippen LogP contribution in [0.3, 0.4) is 0 Å². The summed E-state index contributed by atoms with van der Waals surface area (Å²) in [6, 6.07) is 9.51. The van der Waals surface area contributed by atoms with Crippen molar-refractivity contribution in [3.63, 3.8) is 0 Å². The number of nitrogens with two attached hydrogens (primary N) is 1. The molecule has 0 heterocycles. The normalized spacial score (nSPS) is 11.1. The Labute approximate surface area is 83.2 Å². The lowest BCUT2D eigenvalue weighted by Crippen LogP contribution is -2.08. The molecule has 0 amide bonds. The molecule has 0 bridgehead atoms. The van der Waals surface area contributed by atoms with Gasteiger partial charge in [-0.3, -0.25) is 4.79 Å². The van der Waals surface area contributed by atoms with E-state index in [0.717, 1.165) is 5.56 Å². The van der Waals surface area contributed by atoms with E-state index in [9.17, 15) is 4.79 Å². The standard InChI is InChI=1S/C11H13NO2/c12-6-7-14-11(9-13)8-10-4-2-1-3-5-10/h1-5,8-9H,6-7,12H2. The van der Waals surface area contributed by atoms with Crippen molar-refractivity contribution in [2.75, 3.05) is 13.2 Å². The first-order valence-electron chi connectivity index (χ1n) is 4.41. The van der Waals surface area contributed by atoms with Crippen LogP contribution in [0.2, 0.25) is 0 Å². The average Bonchev–Trinajstić information content (AvgIpc) is 2.25. The molecule has 0 aromatic heterocycles. The second kappa shape index (κ2) is 5.94. The number of carbonyl (C=O) groups is 1. The van der Waals surface area contributed by atoms with E-state index in [4.69, 9.17) is 10.5 Å². The van der Waals surface area contributed by atoms with Crippen LogP contribution in [0.25, 0.3) is 6.08 Å². The number of rotatable bonds is 5. The van der Waals surface area contributed by atoms with Gasteiger partial charge in [0.1, 0.15) is 6.61 Å². The summed E-state index contributed by atoms with van der Waals surface area (Å²) in [4.78, 5) is 10.6. The van der Waals surface area contributed by atoms with E-state index in [1.807, 2.05) is 30.3 Å². The predicted octanol–water partition coefficient (Wildman–Crippen LogP) is 1.20. The molecule has 3 nitrogen and oxygen atoms in total. The maximum Gasteiger partial charge on any atom is 0.184 e. The van der Waals surface area contributed by atoms with Gasteiger partial charge in [-0.15, -0.1) is 0 Å².